The van der Waals surface area contributed by atoms with Crippen molar-refractivity contribution in [2.45, 2.75) is 31.7 Å². The van der Waals surface area contributed by atoms with E-state index in [1.807, 2.05) is 6.20 Å². The van der Waals surface area contributed by atoms with Crippen LogP contribution in [0.25, 0.3) is 0 Å². The number of hydrogen-bond donors (Lipinski definition) is 1. The Morgan fingerprint density at radius 3 is 3.42 bits per heavy atom. The van der Waals surface area contributed by atoms with Gasteiger partial charge in [0.05, 0.1) is 0 Å². The Morgan fingerprint density at radius 2 is 2.58 bits per heavy atom. The maximum Gasteiger partial charge on any atom is 0.111 e. The van der Waals surface area contributed by atoms with Crippen LogP contribution in [0.4, 0.5) is 0 Å². The molecule has 1 aliphatic heterocycles. The summed E-state index contributed by atoms with van der Waals surface area (Å²) >= 11 is 0. The molecular weight excluding hydrogens is 150 g/mol. The van der Waals surface area contributed by atoms with Gasteiger partial charge in [0.15, 0.2) is 0 Å². The molecule has 2 N–H and O–H groups in total. The molecule has 1 aliphatic rings. The van der Waals surface area contributed by atoms with Crippen LogP contribution in [0.5, 0.6) is 0 Å². The highest BCUT2D eigenvalue weighted by Crippen LogP contribution is 2.27. The minimum absolute atomic E-state index is 0.610. The third-order valence-electron chi connectivity index (χ3n) is 2.58. The van der Waals surface area contributed by atoms with E-state index < -0.39 is 0 Å². The smallest absolute Gasteiger partial charge is 0.111 e. The van der Waals surface area contributed by atoms with Gasteiger partial charge in [-0.3, -0.25) is 0 Å². The number of nitrogens with zero attached hydrogens (tertiary/aromatic N) is 2. The Labute approximate surface area is 72.6 Å². The Kier molecular flexibility index (Phi) is 2.13. The van der Waals surface area contributed by atoms with Crippen molar-refractivity contribution in [1.29, 1.82) is 0 Å². The highest BCUT2D eigenvalue weighted by atomic mass is 15.1. The third kappa shape index (κ3) is 1.25. The molecule has 0 bridgehead atoms. The Balaban J connectivity index is 2.19. The lowest BCUT2D eigenvalue weighted by atomic mass is 9.96. The predicted molar refractivity (Wildman–Crippen MR) is 47.9 cm³/mol. The largest absolute Gasteiger partial charge is 0.335 e. The predicted octanol–water partition coefficient (Wildman–Crippen LogP) is 1.11. The van der Waals surface area contributed by atoms with Gasteiger partial charge in [0.2, 0.25) is 0 Å². The summed E-state index contributed by atoms with van der Waals surface area (Å²) in [4.78, 5) is 4.36. The average molecular weight is 165 g/mol. The zero-order valence-electron chi connectivity index (χ0n) is 7.24. The van der Waals surface area contributed by atoms with Crippen LogP contribution in [0.2, 0.25) is 0 Å². The second-order valence-electron chi connectivity index (χ2n) is 3.40. The molecule has 0 saturated heterocycles. The van der Waals surface area contributed by atoms with Gasteiger partial charge in [-0.15, -0.1) is 0 Å². The molecule has 1 aromatic rings. The zero-order chi connectivity index (χ0) is 8.39. The van der Waals surface area contributed by atoms with Crippen LogP contribution in [0.1, 0.15) is 31.0 Å². The molecule has 1 unspecified atom stereocenters. The van der Waals surface area contributed by atoms with Crippen LogP contribution >= 0.6 is 0 Å². The number of imidazole rings is 1. The van der Waals surface area contributed by atoms with E-state index in [-0.39, 0.29) is 0 Å². The van der Waals surface area contributed by atoms with Gasteiger partial charge < -0.3 is 10.3 Å². The summed E-state index contributed by atoms with van der Waals surface area (Å²) in [6.07, 6.45) is 7.57. The first-order chi connectivity index (χ1) is 5.92. The molecule has 0 radical (unpaired) electrons. The van der Waals surface area contributed by atoms with E-state index in [1.165, 1.54) is 18.7 Å². The monoisotopic (exact) mass is 165 g/mol. The van der Waals surface area contributed by atoms with E-state index in [0.717, 1.165) is 19.5 Å². The molecule has 12 heavy (non-hydrogen) atoms. The second-order valence-corrected chi connectivity index (χ2v) is 3.40. The minimum atomic E-state index is 0.610. The third-order valence-corrected chi connectivity index (χ3v) is 2.58. The summed E-state index contributed by atoms with van der Waals surface area (Å²) in [6.45, 7) is 1.91. The average Bonchev–Trinajstić information content (AvgIpc) is 2.53. The van der Waals surface area contributed by atoms with E-state index in [1.54, 1.807) is 0 Å². The van der Waals surface area contributed by atoms with Gasteiger partial charge in [0.1, 0.15) is 5.82 Å². The van der Waals surface area contributed by atoms with Gasteiger partial charge in [-0.1, -0.05) is 0 Å². The Hall–Kier alpha value is -0.830. The molecule has 1 atom stereocenters. The fourth-order valence-corrected chi connectivity index (χ4v) is 1.98. The fraction of sp³-hybridized carbons (Fsp3) is 0.667. The highest BCUT2D eigenvalue weighted by Gasteiger charge is 2.19. The molecule has 0 aromatic carbocycles. The topological polar surface area (TPSA) is 43.8 Å². The van der Waals surface area contributed by atoms with Crippen molar-refractivity contribution in [1.82, 2.24) is 9.55 Å². The second kappa shape index (κ2) is 3.27. The maximum atomic E-state index is 5.55. The minimum Gasteiger partial charge on any atom is -0.335 e. The molecule has 2 rings (SSSR count). The number of fused-ring (bicyclic) bond motifs is 1. The Bertz CT molecular complexity index is 254. The van der Waals surface area contributed by atoms with Crippen LogP contribution in [-0.4, -0.2) is 16.1 Å². The van der Waals surface area contributed by atoms with E-state index in [2.05, 4.69) is 15.7 Å². The first kappa shape index (κ1) is 7.80. The molecule has 0 fully saturated rings. The van der Waals surface area contributed by atoms with Gasteiger partial charge in [-0.25, -0.2) is 4.98 Å². The van der Waals surface area contributed by atoms with E-state index in [0.29, 0.717) is 5.92 Å². The molecule has 0 saturated carbocycles. The molecule has 0 amide bonds. The van der Waals surface area contributed by atoms with Crippen molar-refractivity contribution in [3.05, 3.63) is 18.2 Å². The van der Waals surface area contributed by atoms with E-state index >= 15 is 0 Å². The van der Waals surface area contributed by atoms with Crippen LogP contribution in [0, 0.1) is 0 Å². The van der Waals surface area contributed by atoms with Gasteiger partial charge >= 0.3 is 0 Å². The molecule has 1 aromatic heterocycles. The van der Waals surface area contributed by atoms with Crippen molar-refractivity contribution in [2.75, 3.05) is 6.54 Å². The normalized spacial score (nSPS) is 22.2. The SMILES string of the molecule is NCCC1CCCn2ccnc21. The van der Waals surface area contributed by atoms with E-state index in [9.17, 15) is 0 Å². The highest BCUT2D eigenvalue weighted by molar-refractivity contribution is 5.03. The van der Waals surface area contributed by atoms with Gasteiger partial charge in [-0.05, 0) is 25.8 Å². The standard InChI is InChI=1S/C9H15N3/c10-4-3-8-2-1-6-12-7-5-11-9(8)12/h5,7-8H,1-4,6,10H2. The first-order valence-electron chi connectivity index (χ1n) is 4.63. The lowest BCUT2D eigenvalue weighted by Gasteiger charge is -2.22. The summed E-state index contributed by atoms with van der Waals surface area (Å²) in [7, 11) is 0. The molecule has 3 nitrogen and oxygen atoms in total. The van der Waals surface area contributed by atoms with Gasteiger partial charge in [0.25, 0.3) is 0 Å². The van der Waals surface area contributed by atoms with Crippen LogP contribution in [0.3, 0.4) is 0 Å². The van der Waals surface area contributed by atoms with Crippen molar-refractivity contribution in [2.24, 2.45) is 5.73 Å². The fourth-order valence-electron chi connectivity index (χ4n) is 1.98. The lowest BCUT2D eigenvalue weighted by molar-refractivity contribution is 0.428. The molecule has 0 aliphatic carbocycles. The summed E-state index contributed by atoms with van der Waals surface area (Å²) in [6, 6.07) is 0. The number of rotatable bonds is 2. The van der Waals surface area contributed by atoms with Crippen LogP contribution in [-0.2, 0) is 6.54 Å². The summed E-state index contributed by atoms with van der Waals surface area (Å²) in [5.41, 5.74) is 5.55. The number of aromatic nitrogens is 2. The summed E-state index contributed by atoms with van der Waals surface area (Å²) < 4.78 is 2.25. The van der Waals surface area contributed by atoms with Crippen molar-refractivity contribution in [3.63, 3.8) is 0 Å². The maximum absolute atomic E-state index is 5.55. The number of nitrogens with two attached hydrogens (primary N) is 1. The van der Waals surface area contributed by atoms with Crippen LogP contribution < -0.4 is 5.73 Å². The quantitative estimate of drug-likeness (QED) is 0.713. The van der Waals surface area contributed by atoms with E-state index in [4.69, 9.17) is 5.73 Å². The van der Waals surface area contributed by atoms with Crippen molar-refractivity contribution < 1.29 is 0 Å². The van der Waals surface area contributed by atoms with Crippen molar-refractivity contribution >= 4 is 0 Å². The Morgan fingerprint density at radius 1 is 1.67 bits per heavy atom. The molecule has 2 heterocycles. The molecule has 3 heteroatoms. The zero-order valence-corrected chi connectivity index (χ0v) is 7.24. The van der Waals surface area contributed by atoms with Crippen molar-refractivity contribution in [3.8, 4) is 0 Å². The first-order valence-corrected chi connectivity index (χ1v) is 4.63. The summed E-state index contributed by atoms with van der Waals surface area (Å²) in [5, 5.41) is 0. The number of aryl methyl sites for hydroxylation is 1. The lowest BCUT2D eigenvalue weighted by Crippen LogP contribution is -2.18. The summed E-state index contributed by atoms with van der Waals surface area (Å²) in [5.74, 6) is 1.85. The number of hydrogen-bond acceptors (Lipinski definition) is 2. The van der Waals surface area contributed by atoms with Gasteiger partial charge in [-0.2, -0.15) is 0 Å². The van der Waals surface area contributed by atoms with Gasteiger partial charge in [0, 0.05) is 24.9 Å². The molecule has 66 valence electrons. The molecule has 0 spiro atoms. The molecular formula is C9H15N3. The van der Waals surface area contributed by atoms with Crippen LogP contribution in [0.15, 0.2) is 12.4 Å².